The van der Waals surface area contributed by atoms with Gasteiger partial charge in [-0.2, -0.15) is 5.26 Å². The SMILES string of the molecule is CC1(C)C2C(=O)N(C(C#N)c3ccccc3)C(=O)C21. The van der Waals surface area contributed by atoms with Crippen molar-refractivity contribution >= 4 is 11.8 Å². The number of rotatable bonds is 2. The minimum atomic E-state index is -0.801. The first-order valence-electron chi connectivity index (χ1n) is 6.31. The van der Waals surface area contributed by atoms with Gasteiger partial charge >= 0.3 is 0 Å². The Hall–Kier alpha value is -2.15. The Bertz CT molecular complexity index is 576. The number of carbonyl (C=O) groups excluding carboxylic acids is 2. The molecule has 19 heavy (non-hydrogen) atoms. The van der Waals surface area contributed by atoms with Crippen molar-refractivity contribution in [3.63, 3.8) is 0 Å². The third-order valence-electron chi connectivity index (χ3n) is 4.33. The average molecular weight is 254 g/mol. The Balaban J connectivity index is 1.94. The monoisotopic (exact) mass is 254 g/mol. The van der Waals surface area contributed by atoms with Crippen LogP contribution in [-0.2, 0) is 9.59 Å². The molecule has 1 saturated heterocycles. The summed E-state index contributed by atoms with van der Waals surface area (Å²) in [6.07, 6.45) is 0. The van der Waals surface area contributed by atoms with Gasteiger partial charge in [-0.25, -0.2) is 0 Å². The lowest BCUT2D eigenvalue weighted by Crippen LogP contribution is -2.38. The van der Waals surface area contributed by atoms with Crippen LogP contribution in [0.25, 0.3) is 0 Å². The molecule has 96 valence electrons. The Labute approximate surface area is 111 Å². The number of benzene rings is 1. The maximum Gasteiger partial charge on any atom is 0.235 e. The van der Waals surface area contributed by atoms with Crippen molar-refractivity contribution in [2.24, 2.45) is 17.3 Å². The molecule has 0 radical (unpaired) electrons. The second kappa shape index (κ2) is 3.67. The van der Waals surface area contributed by atoms with Crippen LogP contribution in [0.3, 0.4) is 0 Å². The molecule has 2 fully saturated rings. The van der Waals surface area contributed by atoms with E-state index in [1.54, 1.807) is 24.3 Å². The molecule has 3 atom stereocenters. The van der Waals surface area contributed by atoms with E-state index in [2.05, 4.69) is 6.07 Å². The second-order valence-electron chi connectivity index (χ2n) is 5.77. The van der Waals surface area contributed by atoms with Crippen LogP contribution in [-0.4, -0.2) is 16.7 Å². The molecule has 4 nitrogen and oxygen atoms in total. The summed E-state index contributed by atoms with van der Waals surface area (Å²) in [6.45, 7) is 3.86. The van der Waals surface area contributed by atoms with Crippen LogP contribution >= 0.6 is 0 Å². The first-order chi connectivity index (χ1) is 9.00. The largest absolute Gasteiger partial charge is 0.274 e. The van der Waals surface area contributed by atoms with E-state index < -0.39 is 6.04 Å². The van der Waals surface area contributed by atoms with Crippen LogP contribution in [0.1, 0.15) is 25.5 Å². The minimum Gasteiger partial charge on any atom is -0.274 e. The van der Waals surface area contributed by atoms with Crippen LogP contribution in [0.15, 0.2) is 30.3 Å². The molecule has 1 aliphatic carbocycles. The van der Waals surface area contributed by atoms with Crippen LogP contribution in [0.4, 0.5) is 0 Å². The van der Waals surface area contributed by atoms with E-state index in [1.165, 1.54) is 0 Å². The van der Waals surface area contributed by atoms with Crippen molar-refractivity contribution in [1.82, 2.24) is 4.90 Å². The highest BCUT2D eigenvalue weighted by Crippen LogP contribution is 2.64. The van der Waals surface area contributed by atoms with Gasteiger partial charge < -0.3 is 0 Å². The summed E-state index contributed by atoms with van der Waals surface area (Å²) in [7, 11) is 0. The van der Waals surface area contributed by atoms with Gasteiger partial charge in [0.05, 0.1) is 17.9 Å². The van der Waals surface area contributed by atoms with Crippen molar-refractivity contribution in [3.05, 3.63) is 35.9 Å². The van der Waals surface area contributed by atoms with Crippen LogP contribution < -0.4 is 0 Å². The van der Waals surface area contributed by atoms with Crippen LogP contribution in [0.2, 0.25) is 0 Å². The number of imide groups is 1. The molecule has 2 aliphatic rings. The second-order valence-corrected chi connectivity index (χ2v) is 5.77. The number of carbonyl (C=O) groups is 2. The molecule has 0 spiro atoms. The fourth-order valence-electron chi connectivity index (χ4n) is 3.14. The molecule has 0 aromatic heterocycles. The molecule has 0 bridgehead atoms. The van der Waals surface area contributed by atoms with Gasteiger partial charge in [-0.15, -0.1) is 0 Å². The number of likely N-dealkylation sites (tertiary alicyclic amines) is 1. The lowest BCUT2D eigenvalue weighted by molar-refractivity contribution is -0.144. The summed E-state index contributed by atoms with van der Waals surface area (Å²) in [5.74, 6) is -0.870. The normalized spacial score (nSPS) is 28.8. The molecule has 1 aliphatic heterocycles. The summed E-state index contributed by atoms with van der Waals surface area (Å²) in [4.78, 5) is 25.8. The first-order valence-corrected chi connectivity index (χ1v) is 6.31. The van der Waals surface area contributed by atoms with Gasteiger partial charge in [-0.1, -0.05) is 44.2 Å². The standard InChI is InChI=1S/C15H14N2O2/c1-15(2)11-12(15)14(19)17(13(11)18)10(8-16)9-6-4-3-5-7-9/h3-7,10-12H,1-2H3. The van der Waals surface area contributed by atoms with Crippen LogP contribution in [0.5, 0.6) is 0 Å². The van der Waals surface area contributed by atoms with Crippen LogP contribution in [0, 0.1) is 28.6 Å². The Morgan fingerprint density at radius 1 is 1.16 bits per heavy atom. The topological polar surface area (TPSA) is 61.2 Å². The molecular formula is C15H14N2O2. The van der Waals surface area contributed by atoms with E-state index in [1.807, 2.05) is 19.9 Å². The number of hydrogen-bond donors (Lipinski definition) is 0. The van der Waals surface area contributed by atoms with Crippen molar-refractivity contribution in [2.45, 2.75) is 19.9 Å². The van der Waals surface area contributed by atoms with E-state index in [4.69, 9.17) is 0 Å². The fraction of sp³-hybridized carbons (Fsp3) is 0.400. The third-order valence-corrected chi connectivity index (χ3v) is 4.33. The van der Waals surface area contributed by atoms with Gasteiger partial charge in [0, 0.05) is 0 Å². The van der Waals surface area contributed by atoms with Gasteiger partial charge in [0.2, 0.25) is 11.8 Å². The Kier molecular flexibility index (Phi) is 2.30. The number of fused-ring (bicyclic) bond motifs is 1. The average Bonchev–Trinajstić information content (AvgIpc) is 2.86. The quantitative estimate of drug-likeness (QED) is 0.757. The van der Waals surface area contributed by atoms with Gasteiger partial charge in [0.1, 0.15) is 0 Å². The highest BCUT2D eigenvalue weighted by molar-refractivity contribution is 6.10. The number of piperidine rings is 1. The molecule has 0 N–H and O–H groups in total. The molecule has 3 unspecified atom stereocenters. The van der Waals surface area contributed by atoms with Gasteiger partial charge in [-0.3, -0.25) is 14.5 Å². The molecule has 2 amide bonds. The van der Waals surface area contributed by atoms with Crippen molar-refractivity contribution in [2.75, 3.05) is 0 Å². The maximum absolute atomic E-state index is 12.3. The number of nitriles is 1. The lowest BCUT2D eigenvalue weighted by atomic mass is 10.0. The molecule has 1 aromatic carbocycles. The molecule has 1 aromatic rings. The number of amides is 2. The summed E-state index contributed by atoms with van der Waals surface area (Å²) in [5.41, 5.74) is 0.451. The minimum absolute atomic E-state index is 0.199. The van der Waals surface area contributed by atoms with E-state index in [-0.39, 0.29) is 29.1 Å². The molecule has 4 heteroatoms. The highest BCUT2D eigenvalue weighted by atomic mass is 16.2. The number of nitrogens with zero attached hydrogens (tertiary/aromatic N) is 2. The summed E-state index contributed by atoms with van der Waals surface area (Å²) >= 11 is 0. The zero-order valence-electron chi connectivity index (χ0n) is 10.8. The zero-order valence-corrected chi connectivity index (χ0v) is 10.8. The molecule has 1 saturated carbocycles. The molecule has 1 heterocycles. The number of hydrogen-bond acceptors (Lipinski definition) is 3. The van der Waals surface area contributed by atoms with Gasteiger partial charge in [0.25, 0.3) is 0 Å². The van der Waals surface area contributed by atoms with E-state index in [0.29, 0.717) is 5.56 Å². The predicted octanol–water partition coefficient (Wildman–Crippen LogP) is 1.89. The lowest BCUT2D eigenvalue weighted by Gasteiger charge is -2.25. The van der Waals surface area contributed by atoms with E-state index >= 15 is 0 Å². The van der Waals surface area contributed by atoms with Crippen molar-refractivity contribution in [3.8, 4) is 6.07 Å². The Morgan fingerprint density at radius 2 is 1.68 bits per heavy atom. The van der Waals surface area contributed by atoms with E-state index in [9.17, 15) is 14.9 Å². The predicted molar refractivity (Wildman–Crippen MR) is 67.4 cm³/mol. The zero-order chi connectivity index (χ0) is 13.8. The molecular weight excluding hydrogens is 240 g/mol. The third kappa shape index (κ3) is 1.45. The van der Waals surface area contributed by atoms with Crippen molar-refractivity contribution < 1.29 is 9.59 Å². The Morgan fingerprint density at radius 3 is 2.16 bits per heavy atom. The summed E-state index contributed by atoms with van der Waals surface area (Å²) in [6, 6.07) is 10.2. The maximum atomic E-state index is 12.3. The van der Waals surface area contributed by atoms with Gasteiger partial charge in [0.15, 0.2) is 6.04 Å². The highest BCUT2D eigenvalue weighted by Gasteiger charge is 2.73. The smallest absolute Gasteiger partial charge is 0.235 e. The van der Waals surface area contributed by atoms with Gasteiger partial charge in [-0.05, 0) is 11.0 Å². The fourth-order valence-corrected chi connectivity index (χ4v) is 3.14. The first kappa shape index (κ1) is 11.9. The molecule has 3 rings (SSSR count). The van der Waals surface area contributed by atoms with E-state index in [0.717, 1.165) is 4.90 Å². The van der Waals surface area contributed by atoms with Crippen molar-refractivity contribution in [1.29, 1.82) is 5.26 Å². The summed E-state index contributed by atoms with van der Waals surface area (Å²) < 4.78 is 0. The summed E-state index contributed by atoms with van der Waals surface area (Å²) in [5, 5.41) is 9.31.